The number of aliphatic carboxylic acids is 1. The van der Waals surface area contributed by atoms with Crippen LogP contribution >= 0.6 is 0 Å². The number of hydrogen-bond acceptors (Lipinski definition) is 7. The molecular formula is C22H24N2O6. The van der Waals surface area contributed by atoms with Crippen LogP contribution in [0.25, 0.3) is 11.1 Å². The van der Waals surface area contributed by atoms with Crippen molar-refractivity contribution in [1.29, 1.82) is 0 Å². The van der Waals surface area contributed by atoms with Crippen LogP contribution in [0.5, 0.6) is 11.5 Å². The molecule has 8 nitrogen and oxygen atoms in total. The molecule has 30 heavy (non-hydrogen) atoms. The van der Waals surface area contributed by atoms with E-state index in [1.807, 2.05) is 18.2 Å². The average Bonchev–Trinajstić information content (AvgIpc) is 2.68. The molecule has 3 N–H and O–H groups in total. The van der Waals surface area contributed by atoms with Crippen LogP contribution in [0.1, 0.15) is 30.0 Å². The van der Waals surface area contributed by atoms with Crippen LogP contribution in [0.4, 0.5) is 5.69 Å². The molecule has 2 aromatic carbocycles. The molecule has 8 heteroatoms. The maximum absolute atomic E-state index is 10.9. The lowest BCUT2D eigenvalue weighted by atomic mass is 9.84. The number of rotatable bonds is 4. The highest BCUT2D eigenvalue weighted by Crippen LogP contribution is 2.51. The predicted octanol–water partition coefficient (Wildman–Crippen LogP) is 2.35. The molecule has 0 fully saturated rings. The molecule has 0 spiro atoms. The highest BCUT2D eigenvalue weighted by molar-refractivity contribution is 5.91. The number of likely N-dealkylation sites (N-methyl/N-ethyl adjacent to an activating group) is 1. The van der Waals surface area contributed by atoms with Crippen molar-refractivity contribution < 1.29 is 29.7 Å². The van der Waals surface area contributed by atoms with Crippen molar-refractivity contribution in [2.75, 3.05) is 18.5 Å². The first-order chi connectivity index (χ1) is 14.3. The zero-order valence-electron chi connectivity index (χ0n) is 16.9. The van der Waals surface area contributed by atoms with E-state index < -0.39 is 5.97 Å². The maximum atomic E-state index is 10.9. The lowest BCUT2D eigenvalue weighted by Crippen LogP contribution is -2.39. The van der Waals surface area contributed by atoms with Gasteiger partial charge in [-0.2, -0.15) is 9.59 Å². The third-order valence-electron chi connectivity index (χ3n) is 5.66. The molecule has 2 aromatic rings. The number of hydrogen-bond donors (Lipinski definition) is 3. The Bertz CT molecular complexity index is 1010. The molecule has 0 amide bonds. The first-order valence-electron chi connectivity index (χ1n) is 9.63. The van der Waals surface area contributed by atoms with Gasteiger partial charge in [-0.3, -0.25) is 9.69 Å². The smallest absolute Gasteiger partial charge is 0.373 e. The van der Waals surface area contributed by atoms with Gasteiger partial charge in [-0.05, 0) is 44.0 Å². The Balaban J connectivity index is 0.000000806. The molecule has 0 saturated heterocycles. The molecule has 0 bridgehead atoms. The van der Waals surface area contributed by atoms with Crippen molar-refractivity contribution >= 4 is 17.8 Å². The highest BCUT2D eigenvalue weighted by Gasteiger charge is 2.33. The number of fused-ring (bicyclic) bond motifs is 2. The molecule has 2 aliphatic rings. The number of para-hydroxylation sites is 1. The van der Waals surface area contributed by atoms with Crippen LogP contribution in [0.2, 0.25) is 0 Å². The van der Waals surface area contributed by atoms with Crippen molar-refractivity contribution in [2.24, 2.45) is 0 Å². The minimum Gasteiger partial charge on any atom is -0.504 e. The van der Waals surface area contributed by atoms with E-state index in [2.05, 4.69) is 17.9 Å². The molecule has 1 atom stereocenters. The van der Waals surface area contributed by atoms with Gasteiger partial charge in [-0.25, -0.2) is 0 Å². The Morgan fingerprint density at radius 3 is 2.60 bits per heavy atom. The van der Waals surface area contributed by atoms with Gasteiger partial charge in [0.1, 0.15) is 0 Å². The molecule has 0 saturated carbocycles. The standard InChI is InChI=1S/C21H24N2O4.CO2/c1-12-6-7-13-4-3-5-16-18-14(10-23(12)19(13)16)8-15(20(26)21(18)27)9-22(2)11-17(24)25;2-1-3/h3-5,8,12,26-27H,6-7,9-11H2,1-2H3,(H,24,25);. The van der Waals surface area contributed by atoms with E-state index in [9.17, 15) is 15.0 Å². The zero-order chi connectivity index (χ0) is 22.0. The minimum atomic E-state index is -0.928. The molecule has 4 rings (SSSR count). The Morgan fingerprint density at radius 2 is 1.93 bits per heavy atom. The second kappa shape index (κ2) is 8.57. The largest absolute Gasteiger partial charge is 0.504 e. The summed E-state index contributed by atoms with van der Waals surface area (Å²) >= 11 is 0. The van der Waals surface area contributed by atoms with Gasteiger partial charge in [-0.15, -0.1) is 0 Å². The number of carboxylic acids is 1. The lowest BCUT2D eigenvalue weighted by Gasteiger charge is -2.42. The second-order valence-corrected chi connectivity index (χ2v) is 7.75. The summed E-state index contributed by atoms with van der Waals surface area (Å²) in [4.78, 5) is 31.1. The number of aromatic hydroxyl groups is 2. The number of carbonyl (C=O) groups is 1. The summed E-state index contributed by atoms with van der Waals surface area (Å²) in [7, 11) is 1.68. The van der Waals surface area contributed by atoms with E-state index in [1.54, 1.807) is 11.9 Å². The van der Waals surface area contributed by atoms with E-state index in [0.717, 1.165) is 29.7 Å². The Hall–Kier alpha value is -3.35. The molecule has 0 aromatic heterocycles. The van der Waals surface area contributed by atoms with Gasteiger partial charge in [0.05, 0.1) is 6.54 Å². The predicted molar refractivity (Wildman–Crippen MR) is 108 cm³/mol. The molecule has 0 radical (unpaired) electrons. The number of carboxylic acid groups (broad SMARTS) is 1. The Kier molecular flexibility index (Phi) is 6.10. The number of phenols is 2. The summed E-state index contributed by atoms with van der Waals surface area (Å²) in [5.74, 6) is -1.21. The number of nitrogens with zero attached hydrogens (tertiary/aromatic N) is 2. The summed E-state index contributed by atoms with van der Waals surface area (Å²) in [6, 6.07) is 8.44. The van der Waals surface area contributed by atoms with Gasteiger partial charge in [0.2, 0.25) is 0 Å². The van der Waals surface area contributed by atoms with E-state index >= 15 is 0 Å². The number of phenolic OH excluding ortho intramolecular Hbond substituents is 2. The monoisotopic (exact) mass is 412 g/mol. The summed E-state index contributed by atoms with van der Waals surface area (Å²) in [6.07, 6.45) is 2.35. The topological polar surface area (TPSA) is 118 Å². The third-order valence-corrected chi connectivity index (χ3v) is 5.66. The molecular weight excluding hydrogens is 388 g/mol. The van der Waals surface area contributed by atoms with Gasteiger partial charge >= 0.3 is 12.1 Å². The second-order valence-electron chi connectivity index (χ2n) is 7.75. The summed E-state index contributed by atoms with van der Waals surface area (Å²) < 4.78 is 0. The zero-order valence-corrected chi connectivity index (χ0v) is 16.9. The fourth-order valence-corrected chi connectivity index (χ4v) is 4.39. The number of anilines is 1. The summed E-state index contributed by atoms with van der Waals surface area (Å²) in [5, 5.41) is 30.3. The molecule has 2 aliphatic heterocycles. The average molecular weight is 412 g/mol. The van der Waals surface area contributed by atoms with Crippen molar-refractivity contribution in [1.82, 2.24) is 4.90 Å². The van der Waals surface area contributed by atoms with Crippen LogP contribution in [-0.4, -0.2) is 52.0 Å². The Labute approximate surface area is 174 Å². The van der Waals surface area contributed by atoms with Crippen molar-refractivity contribution in [3.8, 4) is 22.6 Å². The van der Waals surface area contributed by atoms with Crippen LogP contribution in [0.15, 0.2) is 24.3 Å². The molecule has 158 valence electrons. The lowest BCUT2D eigenvalue weighted by molar-refractivity contribution is -0.191. The van der Waals surface area contributed by atoms with Crippen molar-refractivity contribution in [2.45, 2.75) is 38.9 Å². The number of aryl methyl sites for hydroxylation is 1. The SMILES string of the molecule is CC1CCc2cccc3c2N1Cc1cc(CN(C)CC(=O)O)c(O)c(O)c1-3.O=C=O. The van der Waals surface area contributed by atoms with Crippen molar-refractivity contribution in [3.05, 3.63) is 41.0 Å². The molecule has 2 heterocycles. The summed E-state index contributed by atoms with van der Waals surface area (Å²) in [5.41, 5.74) is 5.59. The fraction of sp³-hybridized carbons (Fsp3) is 0.364. The quantitative estimate of drug-likeness (QED) is 0.655. The molecule has 0 aliphatic carbocycles. The third kappa shape index (κ3) is 3.87. The van der Waals surface area contributed by atoms with E-state index in [-0.39, 0.29) is 30.7 Å². The van der Waals surface area contributed by atoms with Crippen molar-refractivity contribution in [3.63, 3.8) is 0 Å². The van der Waals surface area contributed by atoms with Gasteiger partial charge < -0.3 is 20.2 Å². The maximum Gasteiger partial charge on any atom is 0.373 e. The highest BCUT2D eigenvalue weighted by atomic mass is 16.4. The minimum absolute atomic E-state index is 0.113. The summed E-state index contributed by atoms with van der Waals surface area (Å²) in [6.45, 7) is 3.00. The van der Waals surface area contributed by atoms with E-state index in [1.165, 1.54) is 5.56 Å². The van der Waals surface area contributed by atoms with E-state index in [4.69, 9.17) is 14.7 Å². The first-order valence-corrected chi connectivity index (χ1v) is 9.63. The van der Waals surface area contributed by atoms with Crippen LogP contribution < -0.4 is 4.90 Å². The first kappa shape index (κ1) is 21.4. The van der Waals surface area contributed by atoms with E-state index in [0.29, 0.717) is 23.7 Å². The Morgan fingerprint density at radius 1 is 1.23 bits per heavy atom. The van der Waals surface area contributed by atoms with Gasteiger partial charge in [0.25, 0.3) is 0 Å². The van der Waals surface area contributed by atoms with Crippen LogP contribution in [-0.2, 0) is 33.9 Å². The number of carbonyl (C=O) groups excluding carboxylic acids is 2. The van der Waals surface area contributed by atoms with Gasteiger partial charge in [0, 0.05) is 41.5 Å². The normalized spacial score (nSPS) is 16.1. The van der Waals surface area contributed by atoms with Gasteiger partial charge in [-0.1, -0.05) is 18.2 Å². The number of benzene rings is 2. The molecule has 1 unspecified atom stereocenters. The fourth-order valence-electron chi connectivity index (χ4n) is 4.39. The van der Waals surface area contributed by atoms with Crippen LogP contribution in [0, 0.1) is 0 Å². The van der Waals surface area contributed by atoms with Crippen LogP contribution in [0.3, 0.4) is 0 Å². The van der Waals surface area contributed by atoms with Gasteiger partial charge in [0.15, 0.2) is 11.5 Å².